The number of aliphatic carboxylic acids is 1. The summed E-state index contributed by atoms with van der Waals surface area (Å²) in [6.45, 7) is 7.87. The molecule has 0 unspecified atom stereocenters. The summed E-state index contributed by atoms with van der Waals surface area (Å²) >= 11 is 0. The third kappa shape index (κ3) is 10.2. The Morgan fingerprint density at radius 1 is 0.763 bits per heavy atom. The van der Waals surface area contributed by atoms with Crippen LogP contribution in [0.25, 0.3) is 11.1 Å². The monoisotopic (exact) mass is 515 g/mol. The van der Waals surface area contributed by atoms with Gasteiger partial charge in [0.1, 0.15) is 12.4 Å². The van der Waals surface area contributed by atoms with Gasteiger partial charge in [0, 0.05) is 6.54 Å². The molecule has 0 bridgehead atoms. The van der Waals surface area contributed by atoms with Crippen LogP contribution in [-0.4, -0.2) is 43.2 Å². The van der Waals surface area contributed by atoms with Crippen molar-refractivity contribution < 1.29 is 14.6 Å². The molecule has 0 atom stereocenters. The lowest BCUT2D eigenvalue weighted by Crippen LogP contribution is -2.19. The topological polar surface area (TPSA) is 49.8 Å². The smallest absolute Gasteiger partial charge is 0.306 e. The van der Waals surface area contributed by atoms with Crippen LogP contribution in [0.15, 0.2) is 84.9 Å². The minimum absolute atomic E-state index is 0.102. The van der Waals surface area contributed by atoms with Crippen LogP contribution in [0.1, 0.15) is 69.6 Å². The number of carbonyl (C=O) groups is 1. The Hall–Kier alpha value is -3.37. The molecule has 0 fully saturated rings. The van der Waals surface area contributed by atoms with E-state index in [2.05, 4.69) is 111 Å². The Morgan fingerprint density at radius 3 is 1.71 bits per heavy atom. The summed E-state index contributed by atoms with van der Waals surface area (Å²) in [5, 5.41) is 8.64. The maximum absolute atomic E-state index is 10.5. The van der Waals surface area contributed by atoms with Crippen molar-refractivity contribution in [3.63, 3.8) is 0 Å². The lowest BCUT2D eigenvalue weighted by Gasteiger charge is -2.17. The molecule has 1 N–H and O–H groups in total. The van der Waals surface area contributed by atoms with Crippen LogP contribution in [0.4, 0.5) is 0 Å². The van der Waals surface area contributed by atoms with Crippen LogP contribution in [0.5, 0.6) is 5.75 Å². The van der Waals surface area contributed by atoms with Gasteiger partial charge in [-0.05, 0) is 73.3 Å². The summed E-state index contributed by atoms with van der Waals surface area (Å²) in [4.78, 5) is 12.6. The Kier molecular flexibility index (Phi) is 14.0. The van der Waals surface area contributed by atoms with Crippen LogP contribution in [0.3, 0.4) is 0 Å². The highest BCUT2D eigenvalue weighted by atomic mass is 16.5. The first-order valence-corrected chi connectivity index (χ1v) is 13.9. The van der Waals surface area contributed by atoms with Crippen molar-refractivity contribution in [3.8, 4) is 5.75 Å². The molecule has 0 aromatic heterocycles. The average molecular weight is 516 g/mol. The van der Waals surface area contributed by atoms with Gasteiger partial charge in [-0.15, -0.1) is 0 Å². The van der Waals surface area contributed by atoms with Crippen LogP contribution in [0, 0.1) is 5.92 Å². The van der Waals surface area contributed by atoms with E-state index in [1.165, 1.54) is 27.8 Å². The Labute approximate surface area is 230 Å². The fourth-order valence-corrected chi connectivity index (χ4v) is 4.44. The Bertz CT molecular complexity index is 1080. The van der Waals surface area contributed by atoms with E-state index in [4.69, 9.17) is 9.84 Å². The van der Waals surface area contributed by atoms with Gasteiger partial charge in [0.05, 0.1) is 5.92 Å². The molecular formula is C34H45NO3. The molecule has 0 radical (unpaired) electrons. The fraction of sp³-hybridized carbons (Fsp3) is 0.382. The Morgan fingerprint density at radius 2 is 1.26 bits per heavy atom. The van der Waals surface area contributed by atoms with Crippen molar-refractivity contribution >= 4 is 17.1 Å². The molecule has 38 heavy (non-hydrogen) atoms. The zero-order valence-electron chi connectivity index (χ0n) is 23.8. The molecular weight excluding hydrogens is 470 g/mol. The van der Waals surface area contributed by atoms with Crippen molar-refractivity contribution in [1.82, 2.24) is 4.90 Å². The Balaban J connectivity index is 0.000000432. The first kappa shape index (κ1) is 30.9. The number of likely N-dealkylation sites (N-methyl/N-ethyl adjacent to an activating group) is 1. The molecule has 3 aromatic rings. The van der Waals surface area contributed by atoms with E-state index >= 15 is 0 Å². The van der Waals surface area contributed by atoms with E-state index in [1.54, 1.807) is 0 Å². The number of ether oxygens (including phenoxy) is 1. The van der Waals surface area contributed by atoms with E-state index in [-0.39, 0.29) is 5.92 Å². The number of hydrogen-bond acceptors (Lipinski definition) is 3. The second-order valence-electron chi connectivity index (χ2n) is 9.73. The van der Waals surface area contributed by atoms with E-state index < -0.39 is 5.97 Å². The number of benzene rings is 3. The van der Waals surface area contributed by atoms with Gasteiger partial charge in [-0.2, -0.15) is 0 Å². The molecule has 0 saturated heterocycles. The van der Waals surface area contributed by atoms with E-state index in [0.29, 0.717) is 6.61 Å². The molecule has 0 heterocycles. The first-order chi connectivity index (χ1) is 18.4. The molecule has 0 amide bonds. The lowest BCUT2D eigenvalue weighted by molar-refractivity contribution is -0.142. The molecule has 0 aliphatic carbocycles. The van der Waals surface area contributed by atoms with Gasteiger partial charge < -0.3 is 14.7 Å². The van der Waals surface area contributed by atoms with Crippen LogP contribution >= 0.6 is 0 Å². The second kappa shape index (κ2) is 17.2. The molecule has 204 valence electrons. The predicted octanol–water partition coefficient (Wildman–Crippen LogP) is 8.28. The quantitative estimate of drug-likeness (QED) is 0.233. The number of nitrogens with zero attached hydrogens (tertiary/aromatic N) is 1. The van der Waals surface area contributed by atoms with Crippen molar-refractivity contribution in [2.45, 2.75) is 52.9 Å². The summed E-state index contributed by atoms with van der Waals surface area (Å²) in [6, 6.07) is 29.8. The van der Waals surface area contributed by atoms with E-state index in [1.807, 2.05) is 13.8 Å². The van der Waals surface area contributed by atoms with E-state index in [9.17, 15) is 4.79 Å². The molecule has 0 aliphatic rings. The number of hydrogen-bond donors (Lipinski definition) is 1. The standard InChI is InChI=1S/C26H29NO.C8H16O2/c1-4-25(21-11-7-5-8-12-21)26(22-13-9-6-10-14-22)23-15-17-24(18-16-23)28-20-19-27(2)3;1-3-5-7(6-4-2)8(9)10/h5-18H,4,19-20H2,1-3H3;7H,3-6H2,1-2H3,(H,9,10). The maximum atomic E-state index is 10.5. The highest BCUT2D eigenvalue weighted by Gasteiger charge is 2.14. The number of rotatable bonds is 13. The second-order valence-corrected chi connectivity index (χ2v) is 9.73. The van der Waals surface area contributed by atoms with Gasteiger partial charge in [0.15, 0.2) is 0 Å². The number of carboxylic acid groups (broad SMARTS) is 1. The van der Waals surface area contributed by atoms with Gasteiger partial charge in [-0.3, -0.25) is 4.79 Å². The van der Waals surface area contributed by atoms with Crippen LogP contribution in [0.2, 0.25) is 0 Å². The third-order valence-corrected chi connectivity index (χ3v) is 6.41. The normalized spacial score (nSPS) is 11.6. The summed E-state index contributed by atoms with van der Waals surface area (Å²) in [7, 11) is 4.11. The molecule has 4 nitrogen and oxygen atoms in total. The molecule has 0 saturated carbocycles. The van der Waals surface area contributed by atoms with Crippen LogP contribution in [-0.2, 0) is 4.79 Å². The van der Waals surface area contributed by atoms with Crippen molar-refractivity contribution in [1.29, 1.82) is 0 Å². The largest absolute Gasteiger partial charge is 0.492 e. The highest BCUT2D eigenvalue weighted by Crippen LogP contribution is 2.34. The highest BCUT2D eigenvalue weighted by molar-refractivity contribution is 5.98. The van der Waals surface area contributed by atoms with Gasteiger partial charge in [0.25, 0.3) is 0 Å². The molecule has 0 aliphatic heterocycles. The SMILES string of the molecule is CCC(=C(c1ccccc1)c1ccc(OCCN(C)C)cc1)c1ccccc1.CCCC(CCC)C(=O)O. The molecule has 3 rings (SSSR count). The number of allylic oxidation sites excluding steroid dienone is 1. The van der Waals surface area contributed by atoms with Gasteiger partial charge in [0.2, 0.25) is 0 Å². The minimum Gasteiger partial charge on any atom is -0.492 e. The van der Waals surface area contributed by atoms with Gasteiger partial charge >= 0.3 is 5.97 Å². The molecule has 3 aromatic carbocycles. The maximum Gasteiger partial charge on any atom is 0.306 e. The van der Waals surface area contributed by atoms with Crippen molar-refractivity contribution in [2.75, 3.05) is 27.2 Å². The molecule has 0 spiro atoms. The van der Waals surface area contributed by atoms with E-state index in [0.717, 1.165) is 44.4 Å². The minimum atomic E-state index is -0.635. The summed E-state index contributed by atoms with van der Waals surface area (Å²) in [6.07, 6.45) is 4.55. The summed E-state index contributed by atoms with van der Waals surface area (Å²) in [5.74, 6) is 0.175. The van der Waals surface area contributed by atoms with Gasteiger partial charge in [-0.1, -0.05) is 106 Å². The fourth-order valence-electron chi connectivity index (χ4n) is 4.44. The van der Waals surface area contributed by atoms with Crippen LogP contribution < -0.4 is 4.74 Å². The molecule has 4 heteroatoms. The predicted molar refractivity (Wildman–Crippen MR) is 161 cm³/mol. The lowest BCUT2D eigenvalue weighted by atomic mass is 9.88. The third-order valence-electron chi connectivity index (χ3n) is 6.41. The zero-order chi connectivity index (χ0) is 27.8. The number of carboxylic acids is 1. The van der Waals surface area contributed by atoms with Crippen molar-refractivity contribution in [2.24, 2.45) is 5.92 Å². The average Bonchev–Trinajstić information content (AvgIpc) is 2.93. The summed E-state index contributed by atoms with van der Waals surface area (Å²) in [5.41, 5.74) is 6.37. The zero-order valence-corrected chi connectivity index (χ0v) is 23.8. The van der Waals surface area contributed by atoms with Crippen molar-refractivity contribution in [3.05, 3.63) is 102 Å². The van der Waals surface area contributed by atoms with Gasteiger partial charge in [-0.25, -0.2) is 0 Å². The summed E-state index contributed by atoms with van der Waals surface area (Å²) < 4.78 is 5.87. The first-order valence-electron chi connectivity index (χ1n) is 13.9.